The summed E-state index contributed by atoms with van der Waals surface area (Å²) >= 11 is 15.3. The topological polar surface area (TPSA) is 54.0 Å². The maximum absolute atomic E-state index is 12.2. The van der Waals surface area contributed by atoms with Crippen LogP contribution in [-0.2, 0) is 0 Å². The first-order valence-corrected chi connectivity index (χ1v) is 7.16. The lowest BCUT2D eigenvalue weighted by Crippen LogP contribution is -2.13. The van der Waals surface area contributed by atoms with Crippen molar-refractivity contribution in [3.8, 4) is 0 Å². The monoisotopic (exact) mass is 373 g/mol. The second kappa shape index (κ2) is 6.43. The van der Waals surface area contributed by atoms with Gasteiger partial charge in [-0.05, 0) is 24.3 Å². The second-order valence-electron chi connectivity index (χ2n) is 3.88. The molecule has 0 unspecified atom stereocenters. The van der Waals surface area contributed by atoms with Crippen LogP contribution in [-0.4, -0.2) is 17.9 Å². The molecule has 1 amide bonds. The van der Waals surface area contributed by atoms with Crippen molar-refractivity contribution < 1.29 is 4.79 Å². The van der Waals surface area contributed by atoms with Crippen LogP contribution in [0.15, 0.2) is 34.9 Å². The Kier molecular flexibility index (Phi) is 4.86. The van der Waals surface area contributed by atoms with Gasteiger partial charge >= 0.3 is 0 Å². The highest BCUT2D eigenvalue weighted by molar-refractivity contribution is 9.10. The molecule has 1 heterocycles. The summed E-state index contributed by atoms with van der Waals surface area (Å²) in [5.74, 6) is 0.208. The van der Waals surface area contributed by atoms with E-state index in [9.17, 15) is 4.79 Å². The summed E-state index contributed by atoms with van der Waals surface area (Å²) in [4.78, 5) is 16.2. The third-order valence-electron chi connectivity index (χ3n) is 2.54. The fraction of sp³-hybridized carbons (Fsp3) is 0.0769. The maximum atomic E-state index is 12.2. The summed E-state index contributed by atoms with van der Waals surface area (Å²) < 4.78 is 0.833. The minimum absolute atomic E-state index is 0.273. The molecule has 0 aliphatic rings. The van der Waals surface area contributed by atoms with Crippen molar-refractivity contribution in [1.29, 1.82) is 0 Å². The van der Waals surface area contributed by atoms with Gasteiger partial charge in [0.05, 0.1) is 21.3 Å². The zero-order valence-corrected chi connectivity index (χ0v) is 13.5. The van der Waals surface area contributed by atoms with Crippen molar-refractivity contribution in [3.05, 3.63) is 50.5 Å². The standard InChI is InChI=1S/C13H10BrCl2N3O/c1-17-12-5-8(10(16)6-18-12)13(20)19-11-3-2-7(14)4-9(11)15/h2-6H,1H3,(H,17,18)(H,19,20). The molecule has 0 radical (unpaired) electrons. The third kappa shape index (κ3) is 3.42. The molecule has 104 valence electrons. The van der Waals surface area contributed by atoms with Gasteiger partial charge in [0.25, 0.3) is 5.91 Å². The SMILES string of the molecule is CNc1cc(C(=O)Nc2ccc(Br)cc2Cl)c(Cl)cn1. The first-order valence-electron chi connectivity index (χ1n) is 5.61. The molecule has 0 spiro atoms. The van der Waals surface area contributed by atoms with E-state index in [1.54, 1.807) is 31.3 Å². The van der Waals surface area contributed by atoms with Gasteiger partial charge in [-0.3, -0.25) is 4.79 Å². The predicted molar refractivity (Wildman–Crippen MR) is 85.9 cm³/mol. The van der Waals surface area contributed by atoms with Crippen LogP contribution in [0.25, 0.3) is 0 Å². The van der Waals surface area contributed by atoms with Gasteiger partial charge in [-0.25, -0.2) is 4.98 Å². The van der Waals surface area contributed by atoms with Crippen LogP contribution in [0.4, 0.5) is 11.5 Å². The summed E-state index contributed by atoms with van der Waals surface area (Å²) in [6.45, 7) is 0. The average molecular weight is 375 g/mol. The number of hydrogen-bond acceptors (Lipinski definition) is 3. The second-order valence-corrected chi connectivity index (χ2v) is 5.61. The largest absolute Gasteiger partial charge is 0.373 e. The summed E-state index contributed by atoms with van der Waals surface area (Å²) in [6, 6.07) is 6.77. The Labute approximate surface area is 134 Å². The molecule has 1 aromatic heterocycles. The predicted octanol–water partition coefficient (Wildman–Crippen LogP) is 4.44. The van der Waals surface area contributed by atoms with Crippen molar-refractivity contribution in [2.45, 2.75) is 0 Å². The van der Waals surface area contributed by atoms with Gasteiger partial charge in [0.15, 0.2) is 0 Å². The van der Waals surface area contributed by atoms with Crippen molar-refractivity contribution in [1.82, 2.24) is 4.98 Å². The molecular weight excluding hydrogens is 365 g/mol. The van der Waals surface area contributed by atoms with E-state index in [0.717, 1.165) is 4.47 Å². The Morgan fingerprint density at radius 3 is 2.65 bits per heavy atom. The smallest absolute Gasteiger partial charge is 0.257 e. The molecule has 4 nitrogen and oxygen atoms in total. The average Bonchev–Trinajstić information content (AvgIpc) is 2.42. The van der Waals surface area contributed by atoms with Gasteiger partial charge in [-0.15, -0.1) is 0 Å². The van der Waals surface area contributed by atoms with Crippen LogP contribution >= 0.6 is 39.1 Å². The summed E-state index contributed by atoms with van der Waals surface area (Å²) in [5.41, 5.74) is 0.837. The quantitative estimate of drug-likeness (QED) is 0.834. The number of anilines is 2. The number of pyridine rings is 1. The molecular formula is C13H10BrCl2N3O. The van der Waals surface area contributed by atoms with Gasteiger partial charge in [0.1, 0.15) is 5.82 Å². The van der Waals surface area contributed by atoms with Crippen LogP contribution in [0.2, 0.25) is 10.0 Å². The van der Waals surface area contributed by atoms with Crippen molar-refractivity contribution >= 4 is 56.5 Å². The van der Waals surface area contributed by atoms with Crippen LogP contribution in [0.3, 0.4) is 0 Å². The van der Waals surface area contributed by atoms with Gasteiger partial charge in [-0.2, -0.15) is 0 Å². The number of amides is 1. The fourth-order valence-corrected chi connectivity index (χ4v) is 2.44. The molecule has 0 aliphatic heterocycles. The van der Waals surface area contributed by atoms with E-state index in [4.69, 9.17) is 23.2 Å². The molecule has 0 saturated heterocycles. The zero-order valence-electron chi connectivity index (χ0n) is 10.4. The molecule has 0 aliphatic carbocycles. The van der Waals surface area contributed by atoms with Crippen LogP contribution in [0.1, 0.15) is 10.4 Å². The highest BCUT2D eigenvalue weighted by Gasteiger charge is 2.13. The van der Waals surface area contributed by atoms with E-state index in [-0.39, 0.29) is 10.9 Å². The van der Waals surface area contributed by atoms with E-state index in [1.807, 2.05) is 0 Å². The number of nitrogens with zero attached hydrogens (tertiary/aromatic N) is 1. The lowest BCUT2D eigenvalue weighted by molar-refractivity contribution is 0.102. The molecule has 0 bridgehead atoms. The van der Waals surface area contributed by atoms with Crippen LogP contribution < -0.4 is 10.6 Å². The normalized spacial score (nSPS) is 10.2. The molecule has 20 heavy (non-hydrogen) atoms. The Bertz CT molecular complexity index is 664. The Balaban J connectivity index is 2.28. The number of hydrogen-bond donors (Lipinski definition) is 2. The number of nitrogens with one attached hydrogen (secondary N) is 2. The number of benzene rings is 1. The van der Waals surface area contributed by atoms with E-state index in [1.165, 1.54) is 6.20 Å². The highest BCUT2D eigenvalue weighted by atomic mass is 79.9. The van der Waals surface area contributed by atoms with E-state index in [0.29, 0.717) is 22.1 Å². The number of carbonyl (C=O) groups excluding carboxylic acids is 1. The molecule has 7 heteroatoms. The van der Waals surface area contributed by atoms with Gasteiger partial charge < -0.3 is 10.6 Å². The molecule has 1 aromatic carbocycles. The maximum Gasteiger partial charge on any atom is 0.257 e. The van der Waals surface area contributed by atoms with Crippen molar-refractivity contribution in [2.24, 2.45) is 0 Å². The molecule has 0 fully saturated rings. The number of aromatic nitrogens is 1. The lowest BCUT2D eigenvalue weighted by atomic mass is 10.2. The Hall–Kier alpha value is -1.30. The van der Waals surface area contributed by atoms with Gasteiger partial charge in [0, 0.05) is 17.7 Å². The Morgan fingerprint density at radius 1 is 1.25 bits per heavy atom. The summed E-state index contributed by atoms with van der Waals surface area (Å²) in [5, 5.41) is 6.27. The summed E-state index contributed by atoms with van der Waals surface area (Å²) in [6.07, 6.45) is 1.42. The first kappa shape index (κ1) is 15.1. The van der Waals surface area contributed by atoms with Crippen LogP contribution in [0.5, 0.6) is 0 Å². The highest BCUT2D eigenvalue weighted by Crippen LogP contribution is 2.27. The minimum Gasteiger partial charge on any atom is -0.373 e. The zero-order chi connectivity index (χ0) is 14.7. The van der Waals surface area contributed by atoms with E-state index >= 15 is 0 Å². The minimum atomic E-state index is -0.349. The van der Waals surface area contributed by atoms with Gasteiger partial charge in [0.2, 0.25) is 0 Å². The number of rotatable bonds is 3. The fourth-order valence-electron chi connectivity index (χ4n) is 1.53. The lowest BCUT2D eigenvalue weighted by Gasteiger charge is -2.09. The van der Waals surface area contributed by atoms with Crippen molar-refractivity contribution in [2.75, 3.05) is 17.7 Å². The van der Waals surface area contributed by atoms with Crippen LogP contribution in [0, 0.1) is 0 Å². The molecule has 2 N–H and O–H groups in total. The van der Waals surface area contributed by atoms with Crippen molar-refractivity contribution in [3.63, 3.8) is 0 Å². The molecule has 0 atom stereocenters. The molecule has 0 saturated carbocycles. The van der Waals surface area contributed by atoms with E-state index < -0.39 is 0 Å². The number of halogens is 3. The van der Waals surface area contributed by atoms with E-state index in [2.05, 4.69) is 31.5 Å². The van der Waals surface area contributed by atoms with Gasteiger partial charge in [-0.1, -0.05) is 39.1 Å². The molecule has 2 rings (SSSR count). The Morgan fingerprint density at radius 2 is 2.00 bits per heavy atom. The third-order valence-corrected chi connectivity index (χ3v) is 3.64. The number of carbonyl (C=O) groups is 1. The summed E-state index contributed by atoms with van der Waals surface area (Å²) in [7, 11) is 1.71. The first-order chi connectivity index (χ1) is 9.51. The molecule has 2 aromatic rings.